The second kappa shape index (κ2) is 11.7. The standard InChI is InChI=1S/C27H33N3O5S2/c1-4-5-6-20-7-12-23-24(17-20)36-27(30(23)18-25(31)35-3)28-26(32)21-8-10-22(11-9-21)37(33,34)29-15-13-19(2)14-16-29/h7-12,17,19H,4-6,13-16,18H2,1-3H3. The van der Waals surface area contributed by atoms with Gasteiger partial charge in [-0.05, 0) is 73.6 Å². The van der Waals surface area contributed by atoms with E-state index in [9.17, 15) is 18.0 Å². The fourth-order valence-corrected chi connectivity index (χ4v) is 6.94. The van der Waals surface area contributed by atoms with Crippen LogP contribution in [-0.4, -0.2) is 49.4 Å². The fraction of sp³-hybridized carbons (Fsp3) is 0.444. The zero-order valence-corrected chi connectivity index (χ0v) is 23.1. The molecule has 4 rings (SSSR count). The second-order valence-corrected chi connectivity index (χ2v) is 12.4. The minimum absolute atomic E-state index is 0.0669. The third-order valence-corrected chi connectivity index (χ3v) is 9.71. The van der Waals surface area contributed by atoms with Gasteiger partial charge in [0.1, 0.15) is 6.54 Å². The van der Waals surface area contributed by atoms with Crippen LogP contribution in [0, 0.1) is 5.92 Å². The highest BCUT2D eigenvalue weighted by Gasteiger charge is 2.28. The average Bonchev–Trinajstić information content (AvgIpc) is 3.23. The van der Waals surface area contributed by atoms with Gasteiger partial charge in [-0.2, -0.15) is 9.30 Å². The van der Waals surface area contributed by atoms with E-state index in [0.717, 1.165) is 42.3 Å². The molecule has 0 unspecified atom stereocenters. The number of aromatic nitrogens is 1. The number of sulfonamides is 1. The molecular formula is C27H33N3O5S2. The molecule has 0 spiro atoms. The number of ether oxygens (including phenoxy) is 1. The zero-order chi connectivity index (χ0) is 26.6. The van der Waals surface area contributed by atoms with Gasteiger partial charge in [0.2, 0.25) is 10.0 Å². The van der Waals surface area contributed by atoms with Crippen LogP contribution in [0.2, 0.25) is 0 Å². The number of nitrogens with zero attached hydrogens (tertiary/aromatic N) is 3. The molecule has 0 aliphatic carbocycles. The number of aryl methyl sites for hydroxylation is 1. The Morgan fingerprint density at radius 2 is 1.81 bits per heavy atom. The minimum Gasteiger partial charge on any atom is -0.468 e. The summed E-state index contributed by atoms with van der Waals surface area (Å²) in [7, 11) is -2.28. The number of rotatable bonds is 8. The van der Waals surface area contributed by atoms with Crippen LogP contribution in [0.25, 0.3) is 10.2 Å². The maximum atomic E-state index is 13.1. The van der Waals surface area contributed by atoms with Gasteiger partial charge in [-0.25, -0.2) is 8.42 Å². The average molecular weight is 544 g/mol. The lowest BCUT2D eigenvalue weighted by molar-refractivity contribution is -0.141. The van der Waals surface area contributed by atoms with Crippen molar-refractivity contribution in [2.24, 2.45) is 10.9 Å². The summed E-state index contributed by atoms with van der Waals surface area (Å²) in [6, 6.07) is 12.0. The summed E-state index contributed by atoms with van der Waals surface area (Å²) < 4.78 is 35.0. The van der Waals surface area contributed by atoms with E-state index in [4.69, 9.17) is 4.74 Å². The van der Waals surface area contributed by atoms with Crippen molar-refractivity contribution in [1.82, 2.24) is 8.87 Å². The molecule has 1 saturated heterocycles. The summed E-state index contributed by atoms with van der Waals surface area (Å²) in [5.41, 5.74) is 2.27. The Balaban J connectivity index is 1.64. The molecule has 198 valence electrons. The number of piperidine rings is 1. The molecule has 0 atom stereocenters. The number of amides is 1. The van der Waals surface area contributed by atoms with Crippen LogP contribution >= 0.6 is 11.3 Å². The van der Waals surface area contributed by atoms with E-state index in [2.05, 4.69) is 24.9 Å². The third-order valence-electron chi connectivity index (χ3n) is 6.76. The van der Waals surface area contributed by atoms with Gasteiger partial charge in [-0.1, -0.05) is 37.7 Å². The lowest BCUT2D eigenvalue weighted by Crippen LogP contribution is -2.37. The highest BCUT2D eigenvalue weighted by Crippen LogP contribution is 2.24. The SMILES string of the molecule is CCCCc1ccc2c(c1)sc(=NC(=O)c1ccc(S(=O)(=O)N3CCC(C)CC3)cc1)n2CC(=O)OC. The molecule has 10 heteroatoms. The number of carbonyl (C=O) groups excluding carboxylic acids is 2. The predicted molar refractivity (Wildman–Crippen MR) is 144 cm³/mol. The number of hydrogen-bond acceptors (Lipinski definition) is 6. The van der Waals surface area contributed by atoms with Crippen LogP contribution in [0.5, 0.6) is 0 Å². The van der Waals surface area contributed by atoms with E-state index >= 15 is 0 Å². The maximum Gasteiger partial charge on any atom is 0.325 e. The molecule has 0 bridgehead atoms. The van der Waals surface area contributed by atoms with E-state index in [0.29, 0.717) is 23.8 Å². The van der Waals surface area contributed by atoms with Crippen LogP contribution < -0.4 is 4.80 Å². The van der Waals surface area contributed by atoms with Crippen LogP contribution in [-0.2, 0) is 32.5 Å². The molecule has 1 aliphatic heterocycles. The van der Waals surface area contributed by atoms with Gasteiger partial charge in [-0.15, -0.1) is 0 Å². The first-order valence-electron chi connectivity index (χ1n) is 12.6. The van der Waals surface area contributed by atoms with Gasteiger partial charge in [0.15, 0.2) is 4.80 Å². The van der Waals surface area contributed by atoms with Crippen molar-refractivity contribution in [3.8, 4) is 0 Å². The molecule has 0 saturated carbocycles. The summed E-state index contributed by atoms with van der Waals surface area (Å²) >= 11 is 1.34. The monoisotopic (exact) mass is 543 g/mol. The van der Waals surface area contributed by atoms with Gasteiger partial charge >= 0.3 is 5.97 Å². The number of esters is 1. The Kier molecular flexibility index (Phi) is 8.61. The topological polar surface area (TPSA) is 98.0 Å². The van der Waals surface area contributed by atoms with Crippen molar-refractivity contribution < 1.29 is 22.7 Å². The molecule has 1 aliphatic rings. The van der Waals surface area contributed by atoms with Crippen molar-refractivity contribution in [3.63, 3.8) is 0 Å². The Morgan fingerprint density at radius 1 is 1.11 bits per heavy atom. The number of methoxy groups -OCH3 is 1. The molecular weight excluding hydrogens is 510 g/mol. The Morgan fingerprint density at radius 3 is 2.46 bits per heavy atom. The van der Waals surface area contributed by atoms with E-state index in [-0.39, 0.29) is 17.0 Å². The molecule has 8 nitrogen and oxygen atoms in total. The molecule has 2 aromatic carbocycles. The second-order valence-electron chi connectivity index (χ2n) is 9.48. The van der Waals surface area contributed by atoms with Crippen LogP contribution in [0.3, 0.4) is 0 Å². The molecule has 37 heavy (non-hydrogen) atoms. The summed E-state index contributed by atoms with van der Waals surface area (Å²) in [5.74, 6) is -0.427. The molecule has 1 amide bonds. The lowest BCUT2D eigenvalue weighted by Gasteiger charge is -2.29. The van der Waals surface area contributed by atoms with Crippen molar-refractivity contribution in [2.45, 2.75) is 57.4 Å². The van der Waals surface area contributed by atoms with Crippen molar-refractivity contribution in [3.05, 3.63) is 58.4 Å². The molecule has 3 aromatic rings. The summed E-state index contributed by atoms with van der Waals surface area (Å²) in [6.45, 7) is 5.22. The quantitative estimate of drug-likeness (QED) is 0.393. The Bertz CT molecular complexity index is 1450. The zero-order valence-electron chi connectivity index (χ0n) is 21.5. The first-order chi connectivity index (χ1) is 17.7. The number of hydrogen-bond donors (Lipinski definition) is 0. The highest BCUT2D eigenvalue weighted by atomic mass is 32.2. The van der Waals surface area contributed by atoms with Crippen LogP contribution in [0.1, 0.15) is 55.5 Å². The van der Waals surface area contributed by atoms with E-state index < -0.39 is 21.9 Å². The highest BCUT2D eigenvalue weighted by molar-refractivity contribution is 7.89. The van der Waals surface area contributed by atoms with Crippen molar-refractivity contribution in [2.75, 3.05) is 20.2 Å². The smallest absolute Gasteiger partial charge is 0.325 e. The summed E-state index contributed by atoms with van der Waals surface area (Å²) in [5, 5.41) is 0. The number of benzene rings is 2. The molecule has 2 heterocycles. The summed E-state index contributed by atoms with van der Waals surface area (Å²) in [4.78, 5) is 30.0. The molecule has 0 N–H and O–H groups in total. The van der Waals surface area contributed by atoms with Crippen molar-refractivity contribution >= 4 is 43.5 Å². The number of fused-ring (bicyclic) bond motifs is 1. The number of carbonyl (C=O) groups is 2. The Labute approximate surface area is 221 Å². The minimum atomic E-state index is -3.60. The fourth-order valence-electron chi connectivity index (χ4n) is 4.38. The normalized spacial score (nSPS) is 15.8. The van der Waals surface area contributed by atoms with Crippen LogP contribution in [0.15, 0.2) is 52.4 Å². The largest absolute Gasteiger partial charge is 0.468 e. The van der Waals surface area contributed by atoms with Gasteiger partial charge in [0.25, 0.3) is 5.91 Å². The molecule has 0 radical (unpaired) electrons. The van der Waals surface area contributed by atoms with Gasteiger partial charge < -0.3 is 9.30 Å². The van der Waals surface area contributed by atoms with Crippen LogP contribution in [0.4, 0.5) is 0 Å². The predicted octanol–water partition coefficient (Wildman–Crippen LogP) is 4.38. The maximum absolute atomic E-state index is 13.1. The van der Waals surface area contributed by atoms with Gasteiger partial charge in [0.05, 0.1) is 22.2 Å². The van der Waals surface area contributed by atoms with Crippen molar-refractivity contribution in [1.29, 1.82) is 0 Å². The van der Waals surface area contributed by atoms with E-state index in [1.807, 2.05) is 12.1 Å². The lowest BCUT2D eigenvalue weighted by atomic mass is 10.0. The molecule has 1 fully saturated rings. The first kappa shape index (κ1) is 27.2. The number of thiazole rings is 1. The number of unbranched alkanes of at least 4 members (excludes halogenated alkanes) is 1. The third kappa shape index (κ3) is 6.19. The Hall–Kier alpha value is -2.82. The first-order valence-corrected chi connectivity index (χ1v) is 14.9. The van der Waals surface area contributed by atoms with Gasteiger partial charge in [0, 0.05) is 18.7 Å². The van der Waals surface area contributed by atoms with E-state index in [1.165, 1.54) is 52.6 Å². The molecule has 1 aromatic heterocycles. The summed E-state index contributed by atoms with van der Waals surface area (Å²) in [6.07, 6.45) is 4.82. The van der Waals surface area contributed by atoms with Gasteiger partial charge in [-0.3, -0.25) is 9.59 Å². The van der Waals surface area contributed by atoms with E-state index in [1.54, 1.807) is 4.57 Å².